The van der Waals surface area contributed by atoms with Crippen LogP contribution in [-0.2, 0) is 14.8 Å². The summed E-state index contributed by atoms with van der Waals surface area (Å²) in [6.07, 6.45) is 7.52. The third-order valence-corrected chi connectivity index (χ3v) is 6.32. The van der Waals surface area contributed by atoms with Crippen LogP contribution >= 0.6 is 22.4 Å². The average molecular weight is 439 g/mol. The smallest absolute Gasteiger partial charge is 0.205 e. The van der Waals surface area contributed by atoms with Crippen LogP contribution in [0.5, 0.6) is 0 Å². The van der Waals surface area contributed by atoms with Crippen molar-refractivity contribution in [2.45, 2.75) is 53.6 Å². The number of thioether (sulfide) groups is 1. The lowest BCUT2D eigenvalue weighted by Crippen LogP contribution is -1.99. The number of hydrogen-bond donors (Lipinski definition) is 0. The van der Waals surface area contributed by atoms with Crippen molar-refractivity contribution in [1.29, 1.82) is 0 Å². The molecule has 2 heterocycles. The van der Waals surface area contributed by atoms with Gasteiger partial charge in [-0.3, -0.25) is 0 Å². The molecule has 0 radical (unpaired) electrons. The maximum Gasteiger partial charge on any atom is 0.282 e. The minimum absolute atomic E-state index is 0.170. The molecular weight excluding hydrogens is 420 g/mol. The highest BCUT2D eigenvalue weighted by Gasteiger charge is 2.27. The van der Waals surface area contributed by atoms with E-state index >= 15 is 0 Å². The summed E-state index contributed by atoms with van der Waals surface area (Å²) in [6, 6.07) is 11.3. The molecular formula is C17H19ClN6O2S2. The second-order valence-corrected chi connectivity index (χ2v) is 10.2. The molecule has 0 spiro atoms. The van der Waals surface area contributed by atoms with Gasteiger partial charge in [0.15, 0.2) is 0 Å². The monoisotopic (exact) mass is 438 g/mol. The number of nitrogens with zero attached hydrogens (tertiary/aromatic N) is 6. The zero-order valence-electron chi connectivity index (χ0n) is 14.9. The summed E-state index contributed by atoms with van der Waals surface area (Å²) in [4.78, 5) is 3.25. The SMILES string of the molecule is O=S(=O)(Cl)c1cnn(C2CC2)n1.c1ccc(CSc2cnn(C3CC3)n2)cc1. The van der Waals surface area contributed by atoms with E-state index in [-0.39, 0.29) is 11.1 Å². The lowest BCUT2D eigenvalue weighted by atomic mass is 10.2. The largest absolute Gasteiger partial charge is 0.282 e. The maximum absolute atomic E-state index is 10.7. The Kier molecular flexibility index (Phi) is 5.70. The first-order valence-corrected chi connectivity index (χ1v) is 12.2. The molecule has 8 nitrogen and oxygen atoms in total. The van der Waals surface area contributed by atoms with Crippen LogP contribution in [0.4, 0.5) is 0 Å². The molecule has 2 aliphatic rings. The quantitative estimate of drug-likeness (QED) is 0.429. The molecule has 2 saturated carbocycles. The third-order valence-electron chi connectivity index (χ3n) is 4.20. The van der Waals surface area contributed by atoms with Gasteiger partial charge >= 0.3 is 0 Å². The summed E-state index contributed by atoms with van der Waals surface area (Å²) >= 11 is 1.75. The van der Waals surface area contributed by atoms with E-state index in [1.165, 1.54) is 29.4 Å². The second kappa shape index (κ2) is 8.22. The van der Waals surface area contributed by atoms with E-state index in [0.29, 0.717) is 6.04 Å². The molecule has 0 amide bonds. The van der Waals surface area contributed by atoms with Crippen LogP contribution in [0.25, 0.3) is 0 Å². The van der Waals surface area contributed by atoms with Crippen molar-refractivity contribution < 1.29 is 8.42 Å². The predicted octanol–water partition coefficient (Wildman–Crippen LogP) is 3.45. The minimum atomic E-state index is -3.71. The van der Waals surface area contributed by atoms with Gasteiger partial charge < -0.3 is 0 Å². The lowest BCUT2D eigenvalue weighted by Gasteiger charge is -1.97. The Hall–Kier alpha value is -1.91. The number of halogens is 1. The van der Waals surface area contributed by atoms with Crippen molar-refractivity contribution in [2.75, 3.05) is 0 Å². The Labute approximate surface area is 171 Å². The second-order valence-electron chi connectivity index (χ2n) is 6.68. The van der Waals surface area contributed by atoms with Gasteiger partial charge in [-0.2, -0.15) is 19.8 Å². The molecule has 0 atom stereocenters. The van der Waals surface area contributed by atoms with E-state index in [1.807, 2.05) is 17.1 Å². The fourth-order valence-corrected chi connectivity index (χ4v) is 3.73. The Bertz CT molecular complexity index is 1030. The number of hydrogen-bond acceptors (Lipinski definition) is 7. The summed E-state index contributed by atoms with van der Waals surface area (Å²) in [6.45, 7) is 0. The van der Waals surface area contributed by atoms with Crippen molar-refractivity contribution in [3.63, 3.8) is 0 Å². The van der Waals surface area contributed by atoms with Gasteiger partial charge in [0.25, 0.3) is 9.05 Å². The van der Waals surface area contributed by atoms with Crippen LogP contribution in [0.3, 0.4) is 0 Å². The molecule has 11 heteroatoms. The molecule has 0 saturated heterocycles. The molecule has 2 fully saturated rings. The van der Waals surface area contributed by atoms with E-state index < -0.39 is 9.05 Å². The summed E-state index contributed by atoms with van der Waals surface area (Å²) in [5.74, 6) is 0.962. The molecule has 1 aromatic carbocycles. The third kappa shape index (κ3) is 5.33. The molecule has 5 rings (SSSR count). The number of aromatic nitrogens is 6. The van der Waals surface area contributed by atoms with Crippen LogP contribution in [-0.4, -0.2) is 38.4 Å². The van der Waals surface area contributed by atoms with Gasteiger partial charge in [-0.25, -0.2) is 8.42 Å². The van der Waals surface area contributed by atoms with Crippen molar-refractivity contribution in [3.05, 3.63) is 48.3 Å². The molecule has 0 unspecified atom stereocenters. The Balaban J connectivity index is 0.000000143. The summed E-state index contributed by atoms with van der Waals surface area (Å²) in [5, 5.41) is 17.1. The standard InChI is InChI=1S/C12H13N3S.C5H6ClN3O2S/c1-2-4-10(5-3-1)9-16-12-8-13-15(14-12)11-6-7-11;6-12(10,11)5-3-7-9(8-5)4-1-2-4/h1-5,8,11H,6-7,9H2;3-4H,1-2H2. The van der Waals surface area contributed by atoms with Gasteiger partial charge in [0.2, 0.25) is 5.03 Å². The van der Waals surface area contributed by atoms with E-state index in [1.54, 1.807) is 11.8 Å². The highest BCUT2D eigenvalue weighted by Crippen LogP contribution is 2.34. The van der Waals surface area contributed by atoms with Crippen LogP contribution < -0.4 is 0 Å². The molecule has 0 aliphatic heterocycles. The molecule has 0 bridgehead atoms. The van der Waals surface area contributed by atoms with Crippen LogP contribution in [0, 0.1) is 0 Å². The Morgan fingerprint density at radius 1 is 0.964 bits per heavy atom. The van der Waals surface area contributed by atoms with Crippen LogP contribution in [0.1, 0.15) is 43.3 Å². The first-order chi connectivity index (χ1) is 13.5. The number of benzene rings is 1. The highest BCUT2D eigenvalue weighted by molar-refractivity contribution is 8.13. The van der Waals surface area contributed by atoms with Crippen molar-refractivity contribution in [3.8, 4) is 0 Å². The zero-order valence-corrected chi connectivity index (χ0v) is 17.3. The van der Waals surface area contributed by atoms with Crippen molar-refractivity contribution >= 4 is 31.5 Å². The lowest BCUT2D eigenvalue weighted by molar-refractivity contribution is 0.539. The molecule has 0 N–H and O–H groups in total. The normalized spacial score (nSPS) is 16.5. The fraction of sp³-hybridized carbons (Fsp3) is 0.412. The van der Waals surface area contributed by atoms with Gasteiger partial charge in [-0.15, -0.1) is 10.2 Å². The summed E-state index contributed by atoms with van der Waals surface area (Å²) in [5.41, 5.74) is 1.33. The van der Waals surface area contributed by atoms with E-state index in [2.05, 4.69) is 44.7 Å². The van der Waals surface area contributed by atoms with Gasteiger partial charge in [0.05, 0.1) is 24.5 Å². The first-order valence-electron chi connectivity index (χ1n) is 8.94. The van der Waals surface area contributed by atoms with Gasteiger partial charge in [0, 0.05) is 16.4 Å². The molecule has 2 aromatic heterocycles. The van der Waals surface area contributed by atoms with Crippen molar-refractivity contribution in [1.82, 2.24) is 30.0 Å². The zero-order chi connectivity index (χ0) is 19.6. The molecule has 148 valence electrons. The van der Waals surface area contributed by atoms with Crippen LogP contribution in [0.15, 0.2) is 52.8 Å². The van der Waals surface area contributed by atoms with Gasteiger partial charge in [0.1, 0.15) is 5.03 Å². The molecule has 3 aromatic rings. The van der Waals surface area contributed by atoms with E-state index in [9.17, 15) is 8.42 Å². The topological polar surface area (TPSA) is 95.6 Å². The average Bonchev–Trinajstić information content (AvgIpc) is 3.62. The van der Waals surface area contributed by atoms with Crippen molar-refractivity contribution in [2.24, 2.45) is 0 Å². The summed E-state index contributed by atoms with van der Waals surface area (Å²) < 4.78 is 21.5. The van der Waals surface area contributed by atoms with Gasteiger partial charge in [-0.05, 0) is 31.2 Å². The van der Waals surface area contributed by atoms with E-state index in [0.717, 1.165) is 23.6 Å². The maximum atomic E-state index is 10.7. The minimum Gasteiger partial charge on any atom is -0.205 e. The molecule has 28 heavy (non-hydrogen) atoms. The Morgan fingerprint density at radius 2 is 1.57 bits per heavy atom. The summed E-state index contributed by atoms with van der Waals surface area (Å²) in [7, 11) is 1.34. The van der Waals surface area contributed by atoms with Crippen LogP contribution in [0.2, 0.25) is 0 Å². The Morgan fingerprint density at radius 3 is 2.14 bits per heavy atom. The fourth-order valence-electron chi connectivity index (χ4n) is 2.39. The predicted molar refractivity (Wildman–Crippen MR) is 106 cm³/mol. The van der Waals surface area contributed by atoms with Gasteiger partial charge in [-0.1, -0.05) is 42.1 Å². The van der Waals surface area contributed by atoms with E-state index in [4.69, 9.17) is 10.7 Å². The highest BCUT2D eigenvalue weighted by atomic mass is 35.7. The number of rotatable bonds is 6. The first kappa shape index (κ1) is 19.4. The molecule has 2 aliphatic carbocycles.